The average Bonchev–Trinajstić information content (AvgIpc) is 2.67. The zero-order chi connectivity index (χ0) is 21.0. The van der Waals surface area contributed by atoms with E-state index < -0.39 is 13.2 Å². The number of carbonyl (C=O) groups is 1. The monoisotopic (exact) mass is 407 g/mol. The van der Waals surface area contributed by atoms with Crippen molar-refractivity contribution >= 4 is 30.0 Å². The quantitative estimate of drug-likeness (QED) is 0.619. The van der Waals surface area contributed by atoms with Crippen LogP contribution in [0.4, 0.5) is 16.3 Å². The summed E-state index contributed by atoms with van der Waals surface area (Å²) in [4.78, 5) is 19.8. The molecule has 3 rings (SSSR count). The lowest BCUT2D eigenvalue weighted by Crippen LogP contribution is -2.16. The van der Waals surface area contributed by atoms with Crippen molar-refractivity contribution in [3.05, 3.63) is 60.3 Å². The number of amides is 1. The van der Waals surface area contributed by atoms with Crippen LogP contribution in [0.1, 0.15) is 5.56 Å². The molecule has 1 amide bonds. The Labute approximate surface area is 167 Å². The van der Waals surface area contributed by atoms with Gasteiger partial charge in [0.05, 0.1) is 17.4 Å². The van der Waals surface area contributed by atoms with Gasteiger partial charge in [-0.15, -0.1) is 0 Å². The van der Waals surface area contributed by atoms with Crippen molar-refractivity contribution in [1.82, 2.24) is 9.97 Å². The molecule has 0 bridgehead atoms. The fraction of sp³-hybridized carbons (Fsp3) is 0.100. The molecule has 8 nitrogen and oxygen atoms in total. The third-order valence-electron chi connectivity index (χ3n) is 3.98. The van der Waals surface area contributed by atoms with Crippen molar-refractivity contribution in [2.45, 2.75) is 0 Å². The molecule has 0 atom stereocenters. The van der Waals surface area contributed by atoms with Crippen LogP contribution in [0.3, 0.4) is 0 Å². The van der Waals surface area contributed by atoms with Gasteiger partial charge in [-0.25, -0.2) is 14.8 Å². The topological polar surface area (TPSA) is 131 Å². The molecule has 1 aromatic heterocycles. The number of nitrogens with one attached hydrogen (secondary N) is 1. The Kier molecular flexibility index (Phi) is 5.62. The molecule has 3 N–H and O–H groups in total. The van der Waals surface area contributed by atoms with Crippen molar-refractivity contribution in [3.63, 3.8) is 0 Å². The molecule has 3 aromatic rings. The molecule has 29 heavy (non-hydrogen) atoms. The molecule has 1 heterocycles. The highest BCUT2D eigenvalue weighted by molar-refractivity contribution is 7.70. The molecule has 0 saturated carbocycles. The summed E-state index contributed by atoms with van der Waals surface area (Å²) in [5.74, 6) is 0.673. The first-order valence-electron chi connectivity index (χ1n) is 8.55. The van der Waals surface area contributed by atoms with Crippen molar-refractivity contribution in [1.29, 1.82) is 5.26 Å². The van der Waals surface area contributed by atoms with Gasteiger partial charge in [-0.05, 0) is 37.6 Å². The molecule has 0 fully saturated rings. The van der Waals surface area contributed by atoms with E-state index in [0.717, 1.165) is 0 Å². The molecule has 2 aromatic carbocycles. The minimum absolute atomic E-state index is 0.197. The van der Waals surface area contributed by atoms with Crippen LogP contribution in [0.25, 0.3) is 11.4 Å². The van der Waals surface area contributed by atoms with Crippen molar-refractivity contribution < 1.29 is 14.1 Å². The van der Waals surface area contributed by atoms with Gasteiger partial charge in [-0.1, -0.05) is 24.3 Å². The first kappa shape index (κ1) is 20.1. The molecule has 146 valence electrons. The molecule has 0 aliphatic heterocycles. The van der Waals surface area contributed by atoms with Crippen LogP contribution in [-0.2, 0) is 4.57 Å². The van der Waals surface area contributed by atoms with Gasteiger partial charge in [0.2, 0.25) is 0 Å². The molecule has 9 heteroatoms. The zero-order valence-corrected chi connectivity index (χ0v) is 16.7. The van der Waals surface area contributed by atoms with Crippen LogP contribution in [0, 0.1) is 11.3 Å². The zero-order valence-electron chi connectivity index (χ0n) is 15.8. The molecule has 0 spiro atoms. The number of carbonyl (C=O) groups excluding carboxylic acids is 1. The Morgan fingerprint density at radius 2 is 1.86 bits per heavy atom. The normalized spacial score (nSPS) is 10.8. The number of benzene rings is 2. The van der Waals surface area contributed by atoms with E-state index in [0.29, 0.717) is 16.6 Å². The number of para-hydroxylation sites is 2. The molecular weight excluding hydrogens is 389 g/mol. The number of primary amides is 1. The lowest BCUT2D eigenvalue weighted by molar-refractivity contribution is 0.211. The number of nitriles is 1. The van der Waals surface area contributed by atoms with E-state index >= 15 is 0 Å². The number of anilines is 2. The van der Waals surface area contributed by atoms with Gasteiger partial charge in [-0.3, -0.25) is 0 Å². The maximum atomic E-state index is 12.6. The summed E-state index contributed by atoms with van der Waals surface area (Å²) in [5.41, 5.74) is 6.35. The smallest absolute Gasteiger partial charge is 0.409 e. The number of hydrogen-bond acceptors (Lipinski definition) is 7. The lowest BCUT2D eigenvalue weighted by Gasteiger charge is -2.16. The number of nitrogens with two attached hydrogens (primary N) is 1. The third-order valence-corrected chi connectivity index (χ3v) is 5.54. The van der Waals surface area contributed by atoms with Gasteiger partial charge in [0.1, 0.15) is 24.5 Å². The number of rotatable bonds is 5. The van der Waals surface area contributed by atoms with Crippen LogP contribution in [-0.4, -0.2) is 29.4 Å². The molecule has 0 unspecified atom stereocenters. The standard InChI is InChI=1S/C20H18N5O3P/c1-29(2,27)17-10-6-4-8-15(17)24-18-13(11-21)12-23-19(25-18)14-7-3-5-9-16(14)28-20(22)26/h3-10,12H,1-2H3,(H2,22,26)(H,23,24,25). The Morgan fingerprint density at radius 3 is 2.55 bits per heavy atom. The minimum atomic E-state index is -2.57. The van der Waals surface area contributed by atoms with Crippen LogP contribution < -0.4 is 21.1 Å². The van der Waals surface area contributed by atoms with Crippen LogP contribution in [0.5, 0.6) is 5.75 Å². The molecule has 0 aliphatic carbocycles. The second kappa shape index (κ2) is 8.13. The Hall–Kier alpha value is -3.69. The van der Waals surface area contributed by atoms with Gasteiger partial charge in [0.15, 0.2) is 11.6 Å². The second-order valence-corrected chi connectivity index (χ2v) is 9.66. The Bertz CT molecular complexity index is 1170. The van der Waals surface area contributed by atoms with E-state index in [1.165, 1.54) is 6.20 Å². The van der Waals surface area contributed by atoms with Crippen LogP contribution >= 0.6 is 7.14 Å². The summed E-state index contributed by atoms with van der Waals surface area (Å²) in [6.45, 7) is 3.34. The minimum Gasteiger partial charge on any atom is -0.410 e. The highest BCUT2D eigenvalue weighted by Crippen LogP contribution is 2.38. The van der Waals surface area contributed by atoms with Crippen LogP contribution in [0.2, 0.25) is 0 Å². The van der Waals surface area contributed by atoms with E-state index in [4.69, 9.17) is 10.5 Å². The number of ether oxygens (including phenoxy) is 1. The number of nitrogens with zero attached hydrogens (tertiary/aromatic N) is 3. The van der Waals surface area contributed by atoms with Gasteiger partial charge in [0, 0.05) is 5.30 Å². The highest BCUT2D eigenvalue weighted by atomic mass is 31.2. The fourth-order valence-corrected chi connectivity index (χ4v) is 3.87. The van der Waals surface area contributed by atoms with E-state index in [9.17, 15) is 14.6 Å². The molecule has 0 radical (unpaired) electrons. The number of aromatic nitrogens is 2. The van der Waals surface area contributed by atoms with Gasteiger partial charge in [-0.2, -0.15) is 5.26 Å². The Balaban J connectivity index is 2.09. The predicted molar refractivity (Wildman–Crippen MR) is 111 cm³/mol. The van der Waals surface area contributed by atoms with Crippen molar-refractivity contribution in [2.75, 3.05) is 18.6 Å². The summed E-state index contributed by atoms with van der Waals surface area (Å²) in [6, 6.07) is 15.8. The van der Waals surface area contributed by atoms with E-state index in [1.807, 2.05) is 6.07 Å². The maximum Gasteiger partial charge on any atom is 0.409 e. The second-order valence-electron chi connectivity index (χ2n) is 6.48. The van der Waals surface area contributed by atoms with Gasteiger partial charge in [0.25, 0.3) is 0 Å². The van der Waals surface area contributed by atoms with E-state index in [1.54, 1.807) is 61.9 Å². The summed E-state index contributed by atoms with van der Waals surface area (Å²) in [6.07, 6.45) is 0.409. The third kappa shape index (κ3) is 4.60. The van der Waals surface area contributed by atoms with Crippen LogP contribution in [0.15, 0.2) is 54.7 Å². The molecule has 0 saturated heterocycles. The highest BCUT2D eigenvalue weighted by Gasteiger charge is 2.18. The average molecular weight is 407 g/mol. The maximum absolute atomic E-state index is 12.6. The lowest BCUT2D eigenvalue weighted by atomic mass is 10.2. The van der Waals surface area contributed by atoms with E-state index in [-0.39, 0.29) is 23.0 Å². The van der Waals surface area contributed by atoms with E-state index in [2.05, 4.69) is 15.3 Å². The largest absolute Gasteiger partial charge is 0.410 e. The van der Waals surface area contributed by atoms with Gasteiger partial charge < -0.3 is 20.4 Å². The Morgan fingerprint density at radius 1 is 1.17 bits per heavy atom. The summed E-state index contributed by atoms with van der Waals surface area (Å²) in [5, 5.41) is 13.2. The first-order valence-corrected chi connectivity index (χ1v) is 11.1. The summed E-state index contributed by atoms with van der Waals surface area (Å²) in [7, 11) is -2.57. The molecule has 0 aliphatic rings. The first-order chi connectivity index (χ1) is 13.8. The van der Waals surface area contributed by atoms with Gasteiger partial charge >= 0.3 is 6.09 Å². The SMILES string of the molecule is CP(C)(=O)c1ccccc1Nc1nc(-c2ccccc2OC(N)=O)ncc1C#N. The molecular formula is C20H18N5O3P. The number of hydrogen-bond donors (Lipinski definition) is 2. The van der Waals surface area contributed by atoms with Crippen molar-refractivity contribution in [3.8, 4) is 23.2 Å². The van der Waals surface area contributed by atoms with Crippen molar-refractivity contribution in [2.24, 2.45) is 5.73 Å². The summed E-state index contributed by atoms with van der Waals surface area (Å²) < 4.78 is 17.6. The fourth-order valence-electron chi connectivity index (χ4n) is 2.71. The predicted octanol–water partition coefficient (Wildman–Crippen LogP) is 3.46. The summed E-state index contributed by atoms with van der Waals surface area (Å²) >= 11 is 0.